The van der Waals surface area contributed by atoms with Gasteiger partial charge in [0.05, 0.1) is 6.67 Å². The second-order valence-corrected chi connectivity index (χ2v) is 3.09. The number of aliphatic hydroxyl groups is 2. The van der Waals surface area contributed by atoms with Gasteiger partial charge in [-0.2, -0.15) is 0 Å². The molecule has 0 aromatic rings. The van der Waals surface area contributed by atoms with Crippen molar-refractivity contribution in [2.24, 2.45) is 0 Å². The third kappa shape index (κ3) is 4.74. The lowest BCUT2D eigenvalue weighted by Gasteiger charge is -2.21. The van der Waals surface area contributed by atoms with E-state index >= 15 is 0 Å². The molecule has 4 unspecified atom stereocenters. The molecular formula is C8H13F5O2. The van der Waals surface area contributed by atoms with Gasteiger partial charge in [-0.1, -0.05) is 0 Å². The van der Waals surface area contributed by atoms with E-state index in [1.165, 1.54) is 0 Å². The van der Waals surface area contributed by atoms with Crippen molar-refractivity contribution in [1.82, 2.24) is 0 Å². The van der Waals surface area contributed by atoms with Crippen LogP contribution in [0.1, 0.15) is 12.8 Å². The number of alkyl halides is 5. The Morgan fingerprint density at radius 1 is 0.867 bits per heavy atom. The second kappa shape index (κ2) is 6.95. The predicted molar refractivity (Wildman–Crippen MR) is 43.0 cm³/mol. The van der Waals surface area contributed by atoms with E-state index in [0.717, 1.165) is 0 Å². The minimum atomic E-state index is -2.97. The minimum Gasteiger partial charge on any atom is -0.366 e. The summed E-state index contributed by atoms with van der Waals surface area (Å²) in [7, 11) is 0. The summed E-state index contributed by atoms with van der Waals surface area (Å²) in [6.07, 6.45) is -14.6. The summed E-state index contributed by atoms with van der Waals surface area (Å²) in [5, 5.41) is 16.4. The normalized spacial score (nSPS) is 20.0. The van der Waals surface area contributed by atoms with Gasteiger partial charge < -0.3 is 10.2 Å². The van der Waals surface area contributed by atoms with Crippen molar-refractivity contribution in [3.8, 4) is 0 Å². The van der Waals surface area contributed by atoms with Crippen LogP contribution in [-0.4, -0.2) is 47.9 Å². The molecule has 2 nitrogen and oxygen atoms in total. The molecule has 0 fully saturated rings. The summed E-state index contributed by atoms with van der Waals surface area (Å²) in [6.45, 7) is -0.883. The van der Waals surface area contributed by atoms with Crippen LogP contribution in [0.5, 0.6) is 0 Å². The molecule has 0 aliphatic heterocycles. The fraction of sp³-hybridized carbons (Fsp3) is 1.00. The van der Waals surface area contributed by atoms with Gasteiger partial charge in [-0.3, -0.25) is 4.39 Å². The van der Waals surface area contributed by atoms with Crippen molar-refractivity contribution in [3.05, 3.63) is 0 Å². The fourth-order valence-electron chi connectivity index (χ4n) is 0.971. The maximum absolute atomic E-state index is 12.8. The van der Waals surface area contributed by atoms with E-state index in [1.807, 2.05) is 0 Å². The van der Waals surface area contributed by atoms with E-state index in [4.69, 9.17) is 10.2 Å². The Kier molecular flexibility index (Phi) is 6.75. The number of halogens is 5. The molecule has 0 aliphatic rings. The van der Waals surface area contributed by atoms with Gasteiger partial charge in [0.1, 0.15) is 6.17 Å². The van der Waals surface area contributed by atoms with Crippen LogP contribution < -0.4 is 0 Å². The van der Waals surface area contributed by atoms with Crippen LogP contribution >= 0.6 is 0 Å². The zero-order valence-corrected chi connectivity index (χ0v) is 7.79. The first kappa shape index (κ1) is 14.6. The smallest absolute Gasteiger partial charge is 0.186 e. The van der Waals surface area contributed by atoms with Crippen molar-refractivity contribution in [2.75, 3.05) is 6.67 Å². The molecule has 4 atom stereocenters. The molecule has 0 radical (unpaired) electrons. The van der Waals surface area contributed by atoms with Crippen molar-refractivity contribution in [2.45, 2.75) is 43.8 Å². The monoisotopic (exact) mass is 236 g/mol. The average molecular weight is 236 g/mol. The summed E-state index contributed by atoms with van der Waals surface area (Å²) < 4.78 is 62.3. The summed E-state index contributed by atoms with van der Waals surface area (Å²) in [5.41, 5.74) is 0. The maximum atomic E-state index is 12.8. The van der Waals surface area contributed by atoms with Crippen molar-refractivity contribution in [3.63, 3.8) is 0 Å². The summed E-state index contributed by atoms with van der Waals surface area (Å²) in [5.74, 6) is 0. The summed E-state index contributed by atoms with van der Waals surface area (Å²) in [4.78, 5) is 0. The van der Waals surface area contributed by atoms with Crippen LogP contribution in [0.25, 0.3) is 0 Å². The number of hydrogen-bond donors (Lipinski definition) is 2. The zero-order chi connectivity index (χ0) is 12.0. The third-order valence-electron chi connectivity index (χ3n) is 1.85. The molecule has 0 saturated carbocycles. The van der Waals surface area contributed by atoms with Crippen molar-refractivity contribution in [1.29, 1.82) is 0 Å². The first-order chi connectivity index (χ1) is 6.91. The van der Waals surface area contributed by atoms with Crippen LogP contribution in [0, 0.1) is 0 Å². The Morgan fingerprint density at radius 3 is 1.80 bits per heavy atom. The second-order valence-electron chi connectivity index (χ2n) is 3.09. The largest absolute Gasteiger partial charge is 0.366 e. The molecule has 2 N–H and O–H groups in total. The highest BCUT2D eigenvalue weighted by Gasteiger charge is 2.38. The molecule has 92 valence electrons. The Labute approximate surface area is 83.7 Å². The Bertz CT molecular complexity index is 169. The number of hydrogen-bond acceptors (Lipinski definition) is 2. The molecule has 0 heterocycles. The molecule has 0 saturated heterocycles. The number of aliphatic hydroxyl groups excluding tert-OH is 1. The molecule has 0 amide bonds. The van der Waals surface area contributed by atoms with E-state index < -0.39 is 44.1 Å². The molecule has 15 heavy (non-hydrogen) atoms. The number of rotatable bonds is 7. The molecule has 0 aliphatic carbocycles. The third-order valence-corrected chi connectivity index (χ3v) is 1.85. The first-order valence-corrected chi connectivity index (χ1v) is 4.40. The zero-order valence-electron chi connectivity index (χ0n) is 7.79. The highest BCUT2D eigenvalue weighted by atomic mass is 19.2. The van der Waals surface area contributed by atoms with E-state index in [2.05, 4.69) is 0 Å². The predicted octanol–water partition coefficient (Wildman–Crippen LogP) is 1.40. The lowest BCUT2D eigenvalue weighted by molar-refractivity contribution is -0.128. The molecule has 0 bridgehead atoms. The fourth-order valence-corrected chi connectivity index (χ4v) is 0.971. The average Bonchev–Trinajstić information content (AvgIpc) is 2.22. The Balaban J connectivity index is 4.11. The van der Waals surface area contributed by atoms with Crippen molar-refractivity contribution < 1.29 is 32.2 Å². The Morgan fingerprint density at radius 2 is 1.40 bits per heavy atom. The van der Waals surface area contributed by atoms with Gasteiger partial charge in [-0.25, -0.2) is 17.6 Å². The Hall–Kier alpha value is -0.430. The topological polar surface area (TPSA) is 40.5 Å². The van der Waals surface area contributed by atoms with Crippen LogP contribution in [0.15, 0.2) is 0 Å². The maximum Gasteiger partial charge on any atom is 0.186 e. The molecule has 0 spiro atoms. The van der Waals surface area contributed by atoms with E-state index in [0.29, 0.717) is 0 Å². The van der Waals surface area contributed by atoms with Crippen molar-refractivity contribution >= 4 is 0 Å². The molecule has 7 heteroatoms. The van der Waals surface area contributed by atoms with E-state index in [1.54, 1.807) is 0 Å². The molecule has 0 aromatic heterocycles. The highest BCUT2D eigenvalue weighted by molar-refractivity contribution is 4.83. The minimum absolute atomic E-state index is 0.299. The van der Waals surface area contributed by atoms with Crippen LogP contribution in [0.3, 0.4) is 0 Å². The highest BCUT2D eigenvalue weighted by Crippen LogP contribution is 2.21. The summed E-state index contributed by atoms with van der Waals surface area (Å²) in [6, 6.07) is 0. The van der Waals surface area contributed by atoms with Gasteiger partial charge in [0, 0.05) is 0 Å². The lowest BCUT2D eigenvalue weighted by Crippen LogP contribution is -2.41. The molecule has 0 aromatic carbocycles. The van der Waals surface area contributed by atoms with Crippen LogP contribution in [0.4, 0.5) is 22.0 Å². The lowest BCUT2D eigenvalue weighted by atomic mass is 10.0. The van der Waals surface area contributed by atoms with Crippen LogP contribution in [-0.2, 0) is 0 Å². The molecular weight excluding hydrogens is 223 g/mol. The van der Waals surface area contributed by atoms with Gasteiger partial charge in [-0.15, -0.1) is 0 Å². The van der Waals surface area contributed by atoms with Gasteiger partial charge in [0.25, 0.3) is 0 Å². The van der Waals surface area contributed by atoms with Crippen LogP contribution in [0.2, 0.25) is 0 Å². The first-order valence-electron chi connectivity index (χ1n) is 4.40. The van der Waals surface area contributed by atoms with Gasteiger partial charge in [0.2, 0.25) is 0 Å². The van der Waals surface area contributed by atoms with E-state index in [9.17, 15) is 22.0 Å². The van der Waals surface area contributed by atoms with Gasteiger partial charge in [-0.05, 0) is 12.8 Å². The van der Waals surface area contributed by atoms with Gasteiger partial charge in [0.15, 0.2) is 24.8 Å². The van der Waals surface area contributed by atoms with E-state index in [-0.39, 0.29) is 6.42 Å². The SMILES string of the molecule is OC(O)C(F)C(F)C(F)C(F)CCCF. The standard InChI is InChI=1S/C8H13F5O2/c9-3-1-2-4(10)5(11)6(12)7(13)8(14)15/h4-8,14-15H,1-3H2. The molecule has 0 rings (SSSR count). The quantitative estimate of drug-likeness (QED) is 0.518. The van der Waals surface area contributed by atoms with Gasteiger partial charge >= 0.3 is 0 Å². The summed E-state index contributed by atoms with van der Waals surface area (Å²) >= 11 is 0.